The molecule has 0 aliphatic carbocycles. The van der Waals surface area contributed by atoms with Gasteiger partial charge in [-0.1, -0.05) is 44.2 Å². The maximum atomic E-state index is 13.5. The van der Waals surface area contributed by atoms with E-state index in [1.807, 2.05) is 0 Å². The number of alkyl carbamates (subject to hydrolysis) is 1. The SMILES string of the molecule is CC(C)[C@H](NC(=O)OC(C)(C)C)C(=O)N[C@@H](C)C(=O)Nc1ccc(COC(=O)N(C)Cc2ccccc2C(=O)Nc2nc3c(ncn3[C@@H]3O[C@H](CO)C[C@H]3O)c(=O)[nH]2)cc1. The number of ether oxygens (including phenoxy) is 3. The van der Waals surface area contributed by atoms with E-state index in [0.29, 0.717) is 16.8 Å². The summed E-state index contributed by atoms with van der Waals surface area (Å²) in [6, 6.07) is 11.2. The fourth-order valence-electron chi connectivity index (χ4n) is 6.17. The summed E-state index contributed by atoms with van der Waals surface area (Å²) in [6.45, 7) is 9.73. The molecule has 60 heavy (non-hydrogen) atoms. The molecule has 4 aromatic rings. The second-order valence-corrected chi connectivity index (χ2v) is 15.7. The fraction of sp³-hybridized carbons (Fsp3) is 0.450. The van der Waals surface area contributed by atoms with E-state index in [1.54, 1.807) is 83.1 Å². The number of aliphatic hydroxyl groups is 2. The molecule has 3 heterocycles. The van der Waals surface area contributed by atoms with Crippen molar-refractivity contribution in [3.63, 3.8) is 0 Å². The zero-order chi connectivity index (χ0) is 43.9. The number of H-pyrrole nitrogens is 1. The summed E-state index contributed by atoms with van der Waals surface area (Å²) in [7, 11) is 1.50. The number of hydrogen-bond donors (Lipinski definition) is 7. The second kappa shape index (κ2) is 19.1. The van der Waals surface area contributed by atoms with E-state index in [2.05, 4.69) is 36.2 Å². The highest BCUT2D eigenvalue weighted by molar-refractivity contribution is 6.04. The number of amides is 5. The molecule has 1 fully saturated rings. The van der Waals surface area contributed by atoms with Gasteiger partial charge >= 0.3 is 12.2 Å². The van der Waals surface area contributed by atoms with Gasteiger partial charge in [-0.15, -0.1) is 0 Å². The number of nitrogens with one attached hydrogen (secondary N) is 5. The molecule has 1 aliphatic heterocycles. The largest absolute Gasteiger partial charge is 0.445 e. The average molecular weight is 834 g/mol. The highest BCUT2D eigenvalue weighted by atomic mass is 16.6. The maximum Gasteiger partial charge on any atom is 0.410 e. The van der Waals surface area contributed by atoms with Crippen molar-refractivity contribution in [3.8, 4) is 0 Å². The van der Waals surface area contributed by atoms with E-state index < -0.39 is 71.6 Å². The van der Waals surface area contributed by atoms with Crippen molar-refractivity contribution in [2.24, 2.45) is 5.92 Å². The van der Waals surface area contributed by atoms with Crippen molar-refractivity contribution < 1.29 is 48.4 Å². The summed E-state index contributed by atoms with van der Waals surface area (Å²) in [6.07, 6.45) is -2.52. The Morgan fingerprint density at radius 2 is 1.72 bits per heavy atom. The van der Waals surface area contributed by atoms with Crippen molar-refractivity contribution in [3.05, 3.63) is 81.9 Å². The van der Waals surface area contributed by atoms with E-state index in [-0.39, 0.29) is 54.8 Å². The minimum absolute atomic E-state index is 0.0181. The molecule has 322 valence electrons. The van der Waals surface area contributed by atoms with Crippen LogP contribution in [0.1, 0.15) is 75.7 Å². The molecular weight excluding hydrogens is 782 g/mol. The van der Waals surface area contributed by atoms with Crippen LogP contribution in [0.5, 0.6) is 0 Å². The van der Waals surface area contributed by atoms with Crippen LogP contribution in [0.4, 0.5) is 21.2 Å². The quantitative estimate of drug-likeness (QED) is 0.0965. The molecular formula is C40H51N9O11. The van der Waals surface area contributed by atoms with Crippen LogP contribution < -0.4 is 26.8 Å². The van der Waals surface area contributed by atoms with Crippen LogP contribution in [0, 0.1) is 5.92 Å². The Hall–Kier alpha value is -6.38. The molecule has 0 saturated carbocycles. The van der Waals surface area contributed by atoms with Gasteiger partial charge in [0.1, 0.15) is 30.4 Å². The van der Waals surface area contributed by atoms with E-state index >= 15 is 0 Å². The first-order valence-corrected chi connectivity index (χ1v) is 19.2. The Balaban J connectivity index is 1.13. The Morgan fingerprint density at radius 3 is 2.37 bits per heavy atom. The Labute approximate surface area is 345 Å². The summed E-state index contributed by atoms with van der Waals surface area (Å²) in [5.41, 5.74) is 0.319. The van der Waals surface area contributed by atoms with Crippen molar-refractivity contribution in [2.45, 2.75) is 97.2 Å². The molecule has 2 aromatic heterocycles. The lowest BCUT2D eigenvalue weighted by molar-refractivity contribution is -0.128. The molecule has 5 amide bonds. The molecule has 20 heteroatoms. The van der Waals surface area contributed by atoms with E-state index in [9.17, 15) is 39.0 Å². The standard InChI is InChI=1S/C40H51N9O11/c1-21(2)29(44-38(56)60-40(4,5)6)34(54)42-22(3)32(52)43-25-14-12-23(13-15-25)19-58-39(57)48(7)17-24-10-8-9-11-27(24)33(53)46-37-45-31-30(35(55)47-37)41-20-49(31)36-28(51)16-26(18-50)59-36/h8-15,20-22,26,28-29,36,50-51H,16-19H2,1-7H3,(H,42,54)(H,43,52)(H,44,56)(H2,45,46,47,53,55)/t22-,26-,28+,29-,36+/m0/s1. The number of nitrogens with zero attached hydrogens (tertiary/aromatic N) is 4. The van der Waals surface area contributed by atoms with Gasteiger partial charge < -0.3 is 45.3 Å². The van der Waals surface area contributed by atoms with Gasteiger partial charge in [0.05, 0.1) is 19.0 Å². The molecule has 2 aromatic carbocycles. The van der Waals surface area contributed by atoms with Crippen molar-refractivity contribution in [2.75, 3.05) is 24.3 Å². The first-order valence-electron chi connectivity index (χ1n) is 19.2. The van der Waals surface area contributed by atoms with E-state index in [4.69, 9.17) is 14.2 Å². The molecule has 0 bridgehead atoms. The fourth-order valence-corrected chi connectivity index (χ4v) is 6.17. The smallest absolute Gasteiger partial charge is 0.410 e. The van der Waals surface area contributed by atoms with Gasteiger partial charge in [-0.3, -0.25) is 34.0 Å². The van der Waals surface area contributed by atoms with Crippen molar-refractivity contribution >= 4 is 52.7 Å². The van der Waals surface area contributed by atoms with Gasteiger partial charge in [-0.2, -0.15) is 4.98 Å². The minimum atomic E-state index is -0.991. The number of rotatable bonds is 14. The van der Waals surface area contributed by atoms with Crippen LogP contribution in [0.25, 0.3) is 11.2 Å². The van der Waals surface area contributed by atoms with E-state index in [0.717, 1.165) is 0 Å². The lowest BCUT2D eigenvalue weighted by Gasteiger charge is -2.26. The van der Waals surface area contributed by atoms with Gasteiger partial charge in [-0.05, 0) is 62.9 Å². The van der Waals surface area contributed by atoms with Crippen LogP contribution >= 0.6 is 0 Å². The Kier molecular flexibility index (Phi) is 14.3. The number of imidazole rings is 1. The molecule has 20 nitrogen and oxygen atoms in total. The third-order valence-corrected chi connectivity index (χ3v) is 9.25. The third kappa shape index (κ3) is 11.4. The summed E-state index contributed by atoms with van der Waals surface area (Å²) in [5.74, 6) is -2.14. The monoisotopic (exact) mass is 833 g/mol. The van der Waals surface area contributed by atoms with Gasteiger partial charge in [0.2, 0.25) is 17.8 Å². The highest BCUT2D eigenvalue weighted by Gasteiger charge is 2.36. The van der Waals surface area contributed by atoms with Crippen LogP contribution in [0.2, 0.25) is 0 Å². The predicted molar refractivity (Wildman–Crippen MR) is 216 cm³/mol. The topological polar surface area (TPSA) is 268 Å². The summed E-state index contributed by atoms with van der Waals surface area (Å²) < 4.78 is 17.8. The normalized spacial score (nSPS) is 17.4. The van der Waals surface area contributed by atoms with Crippen LogP contribution in [0.15, 0.2) is 59.7 Å². The molecule has 7 N–H and O–H groups in total. The average Bonchev–Trinajstić information content (AvgIpc) is 3.78. The van der Waals surface area contributed by atoms with Crippen molar-refractivity contribution in [1.82, 2.24) is 35.1 Å². The first kappa shape index (κ1) is 44.7. The van der Waals surface area contributed by atoms with Gasteiger partial charge in [0, 0.05) is 31.3 Å². The third-order valence-electron chi connectivity index (χ3n) is 9.25. The van der Waals surface area contributed by atoms with Crippen LogP contribution in [-0.4, -0.2) is 108 Å². The van der Waals surface area contributed by atoms with Crippen LogP contribution in [0.3, 0.4) is 0 Å². The lowest BCUT2D eigenvalue weighted by atomic mass is 10.0. The zero-order valence-electron chi connectivity index (χ0n) is 34.3. The number of aliphatic hydroxyl groups excluding tert-OH is 2. The van der Waals surface area contributed by atoms with Crippen molar-refractivity contribution in [1.29, 1.82) is 0 Å². The predicted octanol–water partition coefficient (Wildman–Crippen LogP) is 2.77. The second-order valence-electron chi connectivity index (χ2n) is 15.7. The number of aromatic amines is 1. The minimum Gasteiger partial charge on any atom is -0.445 e. The summed E-state index contributed by atoms with van der Waals surface area (Å²) >= 11 is 0. The number of carbonyl (C=O) groups excluding carboxylic acids is 5. The number of aromatic nitrogens is 4. The molecule has 1 aliphatic rings. The summed E-state index contributed by atoms with van der Waals surface area (Å²) in [4.78, 5) is 89.6. The molecule has 5 rings (SSSR count). The Bertz CT molecular complexity index is 2250. The molecule has 0 unspecified atom stereocenters. The van der Waals surface area contributed by atoms with E-state index in [1.165, 1.54) is 29.8 Å². The highest BCUT2D eigenvalue weighted by Crippen LogP contribution is 2.30. The number of fused-ring (bicyclic) bond motifs is 1. The number of hydrogen-bond acceptors (Lipinski definition) is 13. The van der Waals surface area contributed by atoms with Gasteiger partial charge in [0.15, 0.2) is 17.4 Å². The Morgan fingerprint density at radius 1 is 1.02 bits per heavy atom. The molecule has 1 saturated heterocycles. The molecule has 0 radical (unpaired) electrons. The van der Waals surface area contributed by atoms with Gasteiger partial charge in [-0.25, -0.2) is 14.6 Å². The van der Waals surface area contributed by atoms with Crippen LogP contribution in [-0.2, 0) is 37.0 Å². The first-order chi connectivity index (χ1) is 28.3. The summed E-state index contributed by atoms with van der Waals surface area (Å²) in [5, 5.41) is 30.4. The molecule has 5 atom stereocenters. The lowest BCUT2D eigenvalue weighted by Crippen LogP contribution is -2.54. The van der Waals surface area contributed by atoms with Gasteiger partial charge in [0.25, 0.3) is 11.5 Å². The zero-order valence-corrected chi connectivity index (χ0v) is 34.3. The maximum absolute atomic E-state index is 13.5. The number of benzene rings is 2. The number of carbonyl (C=O) groups is 5. The number of anilines is 2. The molecule has 0 spiro atoms.